The van der Waals surface area contributed by atoms with Crippen LogP contribution in [0.1, 0.15) is 37.0 Å². The first-order valence-corrected chi connectivity index (χ1v) is 9.30. The molecule has 0 saturated heterocycles. The summed E-state index contributed by atoms with van der Waals surface area (Å²) in [4.78, 5) is 12.4. The van der Waals surface area contributed by atoms with E-state index in [0.717, 1.165) is 37.0 Å². The van der Waals surface area contributed by atoms with Crippen LogP contribution in [0.3, 0.4) is 0 Å². The Balaban J connectivity index is 1.90. The number of esters is 1. The summed E-state index contributed by atoms with van der Waals surface area (Å²) in [6.45, 7) is 0. The molecular formula is C12H15ClO4S2. The molecule has 0 aliphatic heterocycles. The number of carbonyl (C=O) groups excluding carboxylic acids is 1. The number of carbonyl (C=O) groups is 1. The molecule has 7 heteroatoms. The van der Waals surface area contributed by atoms with Gasteiger partial charge in [-0.05, 0) is 37.8 Å². The molecule has 0 unspecified atom stereocenters. The van der Waals surface area contributed by atoms with Gasteiger partial charge in [-0.1, -0.05) is 6.42 Å². The van der Waals surface area contributed by atoms with Gasteiger partial charge in [0, 0.05) is 15.6 Å². The predicted molar refractivity (Wildman–Crippen MR) is 74.0 cm³/mol. The Hall–Kier alpha value is -0.590. The average Bonchev–Trinajstić information content (AvgIpc) is 2.78. The van der Waals surface area contributed by atoms with Crippen molar-refractivity contribution in [2.45, 2.75) is 48.8 Å². The number of halogens is 1. The van der Waals surface area contributed by atoms with E-state index in [1.807, 2.05) is 0 Å². The van der Waals surface area contributed by atoms with Crippen LogP contribution in [0.2, 0.25) is 0 Å². The Bertz CT molecular complexity index is 544. The molecule has 0 atom stereocenters. The van der Waals surface area contributed by atoms with Crippen LogP contribution in [0.25, 0.3) is 0 Å². The molecule has 1 heterocycles. The number of thiophene rings is 1. The van der Waals surface area contributed by atoms with Crippen LogP contribution in [0.15, 0.2) is 16.3 Å². The van der Waals surface area contributed by atoms with Gasteiger partial charge in [-0.2, -0.15) is 0 Å². The SMILES string of the molecule is O=C(Cc1ccc(S(=O)(=O)Cl)s1)OC1CCCCC1. The largest absolute Gasteiger partial charge is 0.462 e. The van der Waals surface area contributed by atoms with E-state index in [1.165, 1.54) is 12.5 Å². The highest BCUT2D eigenvalue weighted by molar-refractivity contribution is 8.15. The van der Waals surface area contributed by atoms with Crippen molar-refractivity contribution in [2.75, 3.05) is 0 Å². The molecule has 0 bridgehead atoms. The Morgan fingerprint density at radius 1 is 1.32 bits per heavy atom. The van der Waals surface area contributed by atoms with Crippen molar-refractivity contribution in [1.29, 1.82) is 0 Å². The van der Waals surface area contributed by atoms with Crippen molar-refractivity contribution in [3.8, 4) is 0 Å². The summed E-state index contributed by atoms with van der Waals surface area (Å²) in [5, 5.41) is 0. The summed E-state index contributed by atoms with van der Waals surface area (Å²) in [7, 11) is 1.52. The van der Waals surface area contributed by atoms with Crippen molar-refractivity contribution < 1.29 is 17.9 Å². The Morgan fingerprint density at radius 2 is 2.00 bits per heavy atom. The maximum Gasteiger partial charge on any atom is 0.311 e. The highest BCUT2D eigenvalue weighted by Gasteiger charge is 2.19. The van der Waals surface area contributed by atoms with Crippen LogP contribution < -0.4 is 0 Å². The van der Waals surface area contributed by atoms with Gasteiger partial charge in [0.15, 0.2) is 0 Å². The van der Waals surface area contributed by atoms with Gasteiger partial charge >= 0.3 is 5.97 Å². The van der Waals surface area contributed by atoms with E-state index in [0.29, 0.717) is 4.88 Å². The number of rotatable bonds is 4. The van der Waals surface area contributed by atoms with Gasteiger partial charge in [-0.25, -0.2) is 8.42 Å². The predicted octanol–water partition coefficient (Wildman–Crippen LogP) is 3.09. The lowest BCUT2D eigenvalue weighted by atomic mass is 9.98. The van der Waals surface area contributed by atoms with Gasteiger partial charge in [0.2, 0.25) is 0 Å². The molecule has 1 aliphatic carbocycles. The van der Waals surface area contributed by atoms with E-state index >= 15 is 0 Å². The topological polar surface area (TPSA) is 60.4 Å². The maximum atomic E-state index is 11.7. The summed E-state index contributed by atoms with van der Waals surface area (Å²) in [6, 6.07) is 3.01. The minimum Gasteiger partial charge on any atom is -0.462 e. The van der Waals surface area contributed by atoms with Gasteiger partial charge in [0.1, 0.15) is 10.3 Å². The van der Waals surface area contributed by atoms with E-state index in [4.69, 9.17) is 15.4 Å². The third-order valence-corrected chi connectivity index (χ3v) is 6.22. The molecule has 2 rings (SSSR count). The molecule has 19 heavy (non-hydrogen) atoms. The maximum absolute atomic E-state index is 11.7. The molecule has 0 N–H and O–H groups in total. The average molecular weight is 323 g/mol. The molecule has 1 aromatic rings. The first-order chi connectivity index (χ1) is 8.95. The van der Waals surface area contributed by atoms with Gasteiger partial charge in [0.05, 0.1) is 6.42 Å². The van der Waals surface area contributed by atoms with Gasteiger partial charge in [0.25, 0.3) is 9.05 Å². The Labute approximate surface area is 121 Å². The summed E-state index contributed by atoms with van der Waals surface area (Å²) in [6.07, 6.45) is 5.40. The van der Waals surface area contributed by atoms with E-state index in [-0.39, 0.29) is 22.7 Å². The summed E-state index contributed by atoms with van der Waals surface area (Å²) >= 11 is 1.01. The van der Waals surface area contributed by atoms with Gasteiger partial charge < -0.3 is 4.74 Å². The molecule has 1 aromatic heterocycles. The van der Waals surface area contributed by atoms with Crippen molar-refractivity contribution in [1.82, 2.24) is 0 Å². The highest BCUT2D eigenvalue weighted by Crippen LogP contribution is 2.26. The molecule has 1 aliphatic rings. The van der Waals surface area contributed by atoms with Gasteiger partial charge in [-0.15, -0.1) is 11.3 Å². The third-order valence-electron chi connectivity index (χ3n) is 3.05. The smallest absolute Gasteiger partial charge is 0.311 e. The van der Waals surface area contributed by atoms with E-state index in [2.05, 4.69) is 0 Å². The highest BCUT2D eigenvalue weighted by atomic mass is 35.7. The summed E-state index contributed by atoms with van der Waals surface area (Å²) in [5.74, 6) is -0.299. The lowest BCUT2D eigenvalue weighted by molar-refractivity contribution is -0.149. The zero-order chi connectivity index (χ0) is 13.9. The van der Waals surface area contributed by atoms with Crippen LogP contribution >= 0.6 is 22.0 Å². The second-order valence-electron chi connectivity index (χ2n) is 4.59. The first-order valence-electron chi connectivity index (χ1n) is 6.18. The molecule has 0 radical (unpaired) electrons. The number of hydrogen-bond donors (Lipinski definition) is 0. The van der Waals surface area contributed by atoms with Crippen LogP contribution in [-0.4, -0.2) is 20.5 Å². The van der Waals surface area contributed by atoms with Crippen molar-refractivity contribution >= 4 is 37.0 Å². The van der Waals surface area contributed by atoms with E-state index in [9.17, 15) is 13.2 Å². The molecule has 4 nitrogen and oxygen atoms in total. The molecule has 1 fully saturated rings. The third kappa shape index (κ3) is 4.47. The molecule has 106 valence electrons. The monoisotopic (exact) mass is 322 g/mol. The molecule has 0 amide bonds. The van der Waals surface area contributed by atoms with Crippen LogP contribution in [0.4, 0.5) is 0 Å². The minimum absolute atomic E-state index is 0.0254. The lowest BCUT2D eigenvalue weighted by Crippen LogP contribution is -2.21. The summed E-state index contributed by atoms with van der Waals surface area (Å²) in [5.41, 5.74) is 0. The first kappa shape index (κ1) is 14.8. The van der Waals surface area contributed by atoms with Crippen molar-refractivity contribution in [3.63, 3.8) is 0 Å². The fourth-order valence-corrected chi connectivity index (χ4v) is 4.25. The standard InChI is InChI=1S/C12H15ClO4S2/c13-19(15,16)12-7-6-10(18-12)8-11(14)17-9-4-2-1-3-5-9/h6-7,9H,1-5,8H2. The second-order valence-corrected chi connectivity index (χ2v) is 8.55. The van der Waals surface area contributed by atoms with Gasteiger partial charge in [-0.3, -0.25) is 4.79 Å². The lowest BCUT2D eigenvalue weighted by Gasteiger charge is -2.21. The second kappa shape index (κ2) is 6.24. The van der Waals surface area contributed by atoms with Crippen LogP contribution in [0.5, 0.6) is 0 Å². The molecule has 1 saturated carbocycles. The van der Waals surface area contributed by atoms with Crippen LogP contribution in [-0.2, 0) is 25.0 Å². The van der Waals surface area contributed by atoms with E-state index in [1.54, 1.807) is 6.07 Å². The fraction of sp³-hybridized carbons (Fsp3) is 0.583. The van der Waals surface area contributed by atoms with Crippen LogP contribution in [0, 0.1) is 0 Å². The normalized spacial score (nSPS) is 17.3. The number of ether oxygens (including phenoxy) is 1. The molecule has 0 aromatic carbocycles. The van der Waals surface area contributed by atoms with Crippen molar-refractivity contribution in [2.24, 2.45) is 0 Å². The summed E-state index contributed by atoms with van der Waals surface area (Å²) < 4.78 is 27.7. The molecule has 0 spiro atoms. The quantitative estimate of drug-likeness (QED) is 0.631. The molecular weight excluding hydrogens is 308 g/mol. The fourth-order valence-electron chi connectivity index (χ4n) is 2.14. The zero-order valence-electron chi connectivity index (χ0n) is 10.3. The Kier molecular flexibility index (Phi) is 4.86. The van der Waals surface area contributed by atoms with Crippen molar-refractivity contribution in [3.05, 3.63) is 17.0 Å². The minimum atomic E-state index is -3.71. The zero-order valence-corrected chi connectivity index (χ0v) is 12.7. The van der Waals surface area contributed by atoms with E-state index < -0.39 is 9.05 Å². The number of hydrogen-bond acceptors (Lipinski definition) is 5. The Morgan fingerprint density at radius 3 is 2.58 bits per heavy atom.